The quantitative estimate of drug-likeness (QED) is 0.249. The largest absolute Gasteiger partial charge is 0.461 e. The van der Waals surface area contributed by atoms with Gasteiger partial charge in [0.05, 0.1) is 11.2 Å². The minimum absolute atomic E-state index is 0.332. The predicted molar refractivity (Wildman–Crippen MR) is 175 cm³/mol. The maximum atomic E-state index is 10.4. The molecule has 0 radical (unpaired) electrons. The molecule has 0 saturated heterocycles. The Morgan fingerprint density at radius 2 is 1.78 bits per heavy atom. The van der Waals surface area contributed by atoms with Crippen LogP contribution >= 0.6 is 0 Å². The third-order valence-electron chi connectivity index (χ3n) is 8.70. The van der Waals surface area contributed by atoms with Gasteiger partial charge in [-0.05, 0) is 111 Å². The Hall–Kier alpha value is -3.60. The number of aliphatic hydroxyl groups is 1. The first-order valence-corrected chi connectivity index (χ1v) is 14.6. The lowest BCUT2D eigenvalue weighted by molar-refractivity contribution is -0.0893. The van der Waals surface area contributed by atoms with E-state index in [9.17, 15) is 5.11 Å². The van der Waals surface area contributed by atoms with Crippen LogP contribution in [0.4, 0.5) is 0 Å². The Kier molecular flexibility index (Phi) is 8.01. The van der Waals surface area contributed by atoms with Gasteiger partial charge < -0.3 is 14.2 Å². The van der Waals surface area contributed by atoms with Crippen molar-refractivity contribution in [1.29, 1.82) is 0 Å². The van der Waals surface area contributed by atoms with E-state index in [1.54, 1.807) is 13.8 Å². The second kappa shape index (κ2) is 11.4. The molecule has 0 amide bonds. The zero-order chi connectivity index (χ0) is 29.4. The Labute approximate surface area is 245 Å². The molecule has 0 saturated carbocycles. The third kappa shape index (κ3) is 6.05. The van der Waals surface area contributed by atoms with Crippen LogP contribution in [0.15, 0.2) is 89.4 Å². The van der Waals surface area contributed by atoms with Crippen molar-refractivity contribution in [2.24, 2.45) is 0 Å². The molecule has 4 aromatic rings. The van der Waals surface area contributed by atoms with Crippen LogP contribution in [0.1, 0.15) is 75.5 Å². The van der Waals surface area contributed by atoms with Crippen LogP contribution in [0, 0.1) is 6.92 Å². The molecular weight excluding hydrogens is 503 g/mol. The van der Waals surface area contributed by atoms with Gasteiger partial charge in [-0.15, -0.1) is 0 Å². The lowest BCUT2D eigenvalue weighted by atomic mass is 9.82. The zero-order valence-electron chi connectivity index (χ0n) is 25.4. The molecular formula is C37H41BO3. The Morgan fingerprint density at radius 1 is 1.00 bits per heavy atom. The number of hydrogen-bond donors (Lipinski definition) is 1. The van der Waals surface area contributed by atoms with Gasteiger partial charge in [0.25, 0.3) is 0 Å². The minimum atomic E-state index is -0.949. The third-order valence-corrected chi connectivity index (χ3v) is 8.70. The Balaban J connectivity index is 1.49. The molecule has 1 aliphatic carbocycles. The molecule has 0 unspecified atom stereocenters. The first kappa shape index (κ1) is 28.9. The summed E-state index contributed by atoms with van der Waals surface area (Å²) in [6.07, 6.45) is 12.0. The first-order valence-electron chi connectivity index (χ1n) is 14.6. The SMILES string of the molecule is C/C(=C\c1c(C)oc2cc(BOC(C)(C)C(C)(C)O)ccc12)c1ccc2c(c1)-c1ccccc1[C@@H](C)/C=C\C=C/C2. The highest BCUT2D eigenvalue weighted by atomic mass is 16.5. The van der Waals surface area contributed by atoms with Crippen molar-refractivity contribution in [2.75, 3.05) is 0 Å². The molecule has 210 valence electrons. The van der Waals surface area contributed by atoms with Crippen LogP contribution < -0.4 is 5.46 Å². The van der Waals surface area contributed by atoms with Gasteiger partial charge in [0, 0.05) is 10.9 Å². The maximum absolute atomic E-state index is 10.4. The molecule has 3 nitrogen and oxygen atoms in total. The summed E-state index contributed by atoms with van der Waals surface area (Å²) in [5, 5.41) is 11.5. The van der Waals surface area contributed by atoms with Gasteiger partial charge in [-0.3, -0.25) is 0 Å². The predicted octanol–water partition coefficient (Wildman–Crippen LogP) is 8.28. The van der Waals surface area contributed by atoms with Crippen LogP contribution in [0.2, 0.25) is 0 Å². The summed E-state index contributed by atoms with van der Waals surface area (Å²) in [7, 11) is 0.400. The van der Waals surface area contributed by atoms with E-state index in [1.807, 2.05) is 26.8 Å². The first-order chi connectivity index (χ1) is 19.4. The summed E-state index contributed by atoms with van der Waals surface area (Å²) < 4.78 is 12.3. The second-order valence-electron chi connectivity index (χ2n) is 12.4. The molecule has 1 aliphatic rings. The van der Waals surface area contributed by atoms with Crippen molar-refractivity contribution < 1.29 is 14.2 Å². The van der Waals surface area contributed by atoms with E-state index in [0.29, 0.717) is 13.4 Å². The fourth-order valence-corrected chi connectivity index (χ4v) is 5.29. The molecule has 0 spiro atoms. The molecule has 0 aliphatic heterocycles. The molecule has 0 fully saturated rings. The summed E-state index contributed by atoms with van der Waals surface area (Å²) in [4.78, 5) is 0. The zero-order valence-corrected chi connectivity index (χ0v) is 25.4. The highest BCUT2D eigenvalue weighted by molar-refractivity contribution is 6.47. The summed E-state index contributed by atoms with van der Waals surface area (Å²) in [6.45, 7) is 13.8. The topological polar surface area (TPSA) is 42.6 Å². The Morgan fingerprint density at radius 3 is 2.56 bits per heavy atom. The molecule has 0 bridgehead atoms. The van der Waals surface area contributed by atoms with E-state index in [1.165, 1.54) is 33.4 Å². The van der Waals surface area contributed by atoms with Gasteiger partial charge in [-0.2, -0.15) is 0 Å². The minimum Gasteiger partial charge on any atom is -0.461 e. The molecule has 3 aromatic carbocycles. The lowest BCUT2D eigenvalue weighted by Crippen LogP contribution is -2.49. The number of hydrogen-bond acceptors (Lipinski definition) is 3. The van der Waals surface area contributed by atoms with E-state index < -0.39 is 11.2 Å². The van der Waals surface area contributed by atoms with Crippen molar-refractivity contribution in [1.82, 2.24) is 0 Å². The van der Waals surface area contributed by atoms with Crippen molar-refractivity contribution in [2.45, 2.75) is 72.0 Å². The molecule has 1 aromatic heterocycles. The van der Waals surface area contributed by atoms with Gasteiger partial charge in [0.15, 0.2) is 0 Å². The fourth-order valence-electron chi connectivity index (χ4n) is 5.29. The van der Waals surface area contributed by atoms with E-state index in [0.717, 1.165) is 34.2 Å². The maximum Gasteiger partial charge on any atom is 0.309 e. The van der Waals surface area contributed by atoms with E-state index in [-0.39, 0.29) is 0 Å². The number of benzene rings is 3. The van der Waals surface area contributed by atoms with Crippen LogP contribution in [-0.4, -0.2) is 23.8 Å². The lowest BCUT2D eigenvalue weighted by Gasteiger charge is -2.37. The van der Waals surface area contributed by atoms with Gasteiger partial charge in [0.1, 0.15) is 11.3 Å². The van der Waals surface area contributed by atoms with E-state index in [2.05, 4.69) is 98.8 Å². The summed E-state index contributed by atoms with van der Waals surface area (Å²) in [5.41, 5.74) is 9.01. The van der Waals surface area contributed by atoms with E-state index >= 15 is 0 Å². The van der Waals surface area contributed by atoms with Crippen LogP contribution in [0.3, 0.4) is 0 Å². The van der Waals surface area contributed by atoms with Gasteiger partial charge in [0.2, 0.25) is 0 Å². The standard InChI is InChI=1S/C37H41BO3/c1-24-13-9-8-10-14-27-17-18-28(22-34(27)31-16-12-11-15-30(24)31)25(2)21-33-26(3)40-35-23-29(19-20-32(33)35)38-41-37(6,7)36(4,5)39/h8-13,15-24,38-39H,14H2,1-7H3/b10-8-,13-9-,25-21+/t24-/m0/s1. The molecule has 1 atom stereocenters. The Bertz CT molecular complexity index is 1660. The van der Waals surface area contributed by atoms with Gasteiger partial charge in [-0.1, -0.05) is 79.8 Å². The summed E-state index contributed by atoms with van der Waals surface area (Å²) >= 11 is 0. The van der Waals surface area contributed by atoms with Gasteiger partial charge in [-0.25, -0.2) is 0 Å². The molecule has 4 heteroatoms. The number of allylic oxidation sites excluding steroid dienone is 5. The number of fused-ring (bicyclic) bond motifs is 4. The van der Waals surface area contributed by atoms with Crippen molar-refractivity contribution in [3.8, 4) is 11.1 Å². The van der Waals surface area contributed by atoms with E-state index in [4.69, 9.17) is 9.07 Å². The van der Waals surface area contributed by atoms with Crippen molar-refractivity contribution >= 4 is 35.6 Å². The number of rotatable bonds is 6. The van der Waals surface area contributed by atoms with Crippen LogP contribution in [-0.2, 0) is 11.1 Å². The molecule has 1 N–H and O–H groups in total. The van der Waals surface area contributed by atoms with Crippen LogP contribution in [0.5, 0.6) is 0 Å². The average Bonchev–Trinajstić information content (AvgIpc) is 3.24. The smallest absolute Gasteiger partial charge is 0.309 e. The summed E-state index contributed by atoms with van der Waals surface area (Å²) in [5.74, 6) is 1.22. The molecule has 41 heavy (non-hydrogen) atoms. The molecule has 5 rings (SSSR count). The number of furan rings is 1. The van der Waals surface area contributed by atoms with Crippen LogP contribution in [0.25, 0.3) is 33.7 Å². The number of aryl methyl sites for hydroxylation is 1. The highest BCUT2D eigenvalue weighted by Crippen LogP contribution is 2.36. The second-order valence-corrected chi connectivity index (χ2v) is 12.4. The fraction of sp³-hybridized carbons (Fsp3) is 0.297. The molecule has 1 heterocycles. The normalized spacial score (nSPS) is 17.6. The summed E-state index contributed by atoms with van der Waals surface area (Å²) in [6, 6.07) is 21.9. The highest BCUT2D eigenvalue weighted by Gasteiger charge is 2.35. The van der Waals surface area contributed by atoms with Gasteiger partial charge >= 0.3 is 7.48 Å². The van der Waals surface area contributed by atoms with Crippen molar-refractivity contribution in [3.05, 3.63) is 113 Å². The average molecular weight is 545 g/mol. The monoisotopic (exact) mass is 544 g/mol. The van der Waals surface area contributed by atoms with Crippen molar-refractivity contribution in [3.63, 3.8) is 0 Å².